The molecular weight excluding hydrogens is 375 g/mol. The van der Waals surface area contributed by atoms with Crippen LogP contribution < -0.4 is 10.1 Å². The lowest BCUT2D eigenvalue weighted by molar-refractivity contribution is -0.0586. The Hall–Kier alpha value is -2.93. The molecule has 1 heterocycles. The minimum atomic E-state index is -0.509. The summed E-state index contributed by atoms with van der Waals surface area (Å²) in [7, 11) is 1.43. The average molecular weight is 400 g/mol. The van der Waals surface area contributed by atoms with Crippen LogP contribution in [0.3, 0.4) is 0 Å². The van der Waals surface area contributed by atoms with Gasteiger partial charge in [0.15, 0.2) is 0 Å². The number of amides is 2. The van der Waals surface area contributed by atoms with Gasteiger partial charge in [0.05, 0.1) is 24.9 Å². The summed E-state index contributed by atoms with van der Waals surface area (Å²) >= 11 is 0. The number of benzene rings is 2. The highest BCUT2D eigenvalue weighted by Gasteiger charge is 2.26. The predicted molar refractivity (Wildman–Crippen MR) is 106 cm³/mol. The highest BCUT2D eigenvalue weighted by molar-refractivity contribution is 5.97. The Morgan fingerprint density at radius 2 is 1.79 bits per heavy atom. The molecular formula is C22H25FN2O4. The van der Waals surface area contributed by atoms with Gasteiger partial charge < -0.3 is 19.7 Å². The van der Waals surface area contributed by atoms with E-state index in [4.69, 9.17) is 9.47 Å². The molecule has 0 bridgehead atoms. The van der Waals surface area contributed by atoms with Crippen LogP contribution in [0.1, 0.15) is 40.1 Å². The van der Waals surface area contributed by atoms with Crippen molar-refractivity contribution in [2.24, 2.45) is 0 Å². The lowest BCUT2D eigenvalue weighted by Gasteiger charge is -2.35. The van der Waals surface area contributed by atoms with Gasteiger partial charge in [-0.1, -0.05) is 12.1 Å². The van der Waals surface area contributed by atoms with E-state index in [1.165, 1.54) is 19.2 Å². The number of carbonyl (C=O) groups is 2. The molecule has 0 saturated carbocycles. The lowest BCUT2D eigenvalue weighted by atomic mass is 10.1. The molecule has 154 valence electrons. The average Bonchev–Trinajstić information content (AvgIpc) is 2.71. The van der Waals surface area contributed by atoms with Crippen LogP contribution in [0, 0.1) is 5.82 Å². The first-order valence-corrected chi connectivity index (χ1v) is 9.52. The van der Waals surface area contributed by atoms with E-state index in [1.807, 2.05) is 13.8 Å². The smallest absolute Gasteiger partial charge is 0.255 e. The molecule has 7 heteroatoms. The summed E-state index contributed by atoms with van der Waals surface area (Å²) in [6.07, 6.45) is 0.0222. The maximum absolute atomic E-state index is 13.4. The lowest BCUT2D eigenvalue weighted by Crippen LogP contribution is -2.48. The van der Waals surface area contributed by atoms with Crippen molar-refractivity contribution in [2.75, 3.05) is 20.2 Å². The van der Waals surface area contributed by atoms with E-state index >= 15 is 0 Å². The number of carbonyl (C=O) groups excluding carboxylic acids is 2. The molecule has 0 radical (unpaired) electrons. The molecule has 1 aliphatic heterocycles. The van der Waals surface area contributed by atoms with Gasteiger partial charge in [-0.15, -0.1) is 0 Å². The van der Waals surface area contributed by atoms with Gasteiger partial charge >= 0.3 is 0 Å². The monoisotopic (exact) mass is 400 g/mol. The normalized spacial score (nSPS) is 19.0. The molecule has 2 atom stereocenters. The predicted octanol–water partition coefficient (Wildman–Crippen LogP) is 3.01. The van der Waals surface area contributed by atoms with Gasteiger partial charge in [0.25, 0.3) is 11.8 Å². The summed E-state index contributed by atoms with van der Waals surface area (Å²) in [5, 5.41) is 2.74. The van der Waals surface area contributed by atoms with Crippen molar-refractivity contribution >= 4 is 11.8 Å². The number of methoxy groups -OCH3 is 1. The van der Waals surface area contributed by atoms with E-state index in [-0.39, 0.29) is 30.2 Å². The van der Waals surface area contributed by atoms with Crippen LogP contribution in [0.4, 0.5) is 4.39 Å². The van der Waals surface area contributed by atoms with E-state index in [2.05, 4.69) is 5.32 Å². The molecule has 3 rings (SSSR count). The van der Waals surface area contributed by atoms with Gasteiger partial charge in [-0.25, -0.2) is 4.39 Å². The molecule has 2 aromatic rings. The van der Waals surface area contributed by atoms with Crippen LogP contribution >= 0.6 is 0 Å². The van der Waals surface area contributed by atoms with Crippen molar-refractivity contribution in [3.8, 4) is 5.75 Å². The quantitative estimate of drug-likeness (QED) is 0.838. The summed E-state index contributed by atoms with van der Waals surface area (Å²) in [5.41, 5.74) is 1.55. The zero-order valence-corrected chi connectivity index (χ0v) is 16.8. The number of hydrogen-bond acceptors (Lipinski definition) is 4. The Kier molecular flexibility index (Phi) is 6.49. The minimum absolute atomic E-state index is 0.0111. The molecule has 0 spiro atoms. The van der Waals surface area contributed by atoms with Crippen LogP contribution in [0.2, 0.25) is 0 Å². The minimum Gasteiger partial charge on any atom is -0.496 e. The first-order chi connectivity index (χ1) is 13.9. The maximum Gasteiger partial charge on any atom is 0.255 e. The zero-order chi connectivity index (χ0) is 21.0. The fourth-order valence-corrected chi connectivity index (χ4v) is 3.43. The summed E-state index contributed by atoms with van der Waals surface area (Å²) in [6.45, 7) is 5.29. The van der Waals surface area contributed by atoms with Crippen LogP contribution in [-0.2, 0) is 11.3 Å². The molecule has 6 nitrogen and oxygen atoms in total. The second-order valence-corrected chi connectivity index (χ2v) is 7.19. The Labute approximate surface area is 169 Å². The Balaban J connectivity index is 1.61. The fourth-order valence-electron chi connectivity index (χ4n) is 3.43. The maximum atomic E-state index is 13.4. The highest BCUT2D eigenvalue weighted by atomic mass is 19.1. The number of nitrogens with zero attached hydrogens (tertiary/aromatic N) is 1. The Morgan fingerprint density at radius 1 is 1.14 bits per heavy atom. The van der Waals surface area contributed by atoms with E-state index in [0.29, 0.717) is 24.4 Å². The Morgan fingerprint density at radius 3 is 2.41 bits per heavy atom. The van der Waals surface area contributed by atoms with Crippen molar-refractivity contribution in [3.63, 3.8) is 0 Å². The molecule has 29 heavy (non-hydrogen) atoms. The molecule has 1 saturated heterocycles. The molecule has 2 unspecified atom stereocenters. The number of halogens is 1. The third kappa shape index (κ3) is 5.12. The van der Waals surface area contributed by atoms with Gasteiger partial charge in [0.2, 0.25) is 0 Å². The Bertz CT molecular complexity index is 875. The van der Waals surface area contributed by atoms with E-state index in [1.54, 1.807) is 29.2 Å². The van der Waals surface area contributed by atoms with Crippen molar-refractivity contribution in [3.05, 3.63) is 65.0 Å². The summed E-state index contributed by atoms with van der Waals surface area (Å²) in [5.74, 6) is -0.672. The SMILES string of the molecule is COc1ccc(F)cc1C(=O)NCc1ccc(C(=O)N2CC(C)OC(C)C2)cc1. The van der Waals surface area contributed by atoms with Gasteiger partial charge in [0.1, 0.15) is 11.6 Å². The molecule has 2 aromatic carbocycles. The van der Waals surface area contributed by atoms with Crippen molar-refractivity contribution in [2.45, 2.75) is 32.6 Å². The third-order valence-corrected chi connectivity index (χ3v) is 4.77. The van der Waals surface area contributed by atoms with Crippen LogP contribution in [-0.4, -0.2) is 49.1 Å². The highest BCUT2D eigenvalue weighted by Crippen LogP contribution is 2.19. The van der Waals surface area contributed by atoms with Gasteiger partial charge in [-0.05, 0) is 49.7 Å². The largest absolute Gasteiger partial charge is 0.496 e. The topological polar surface area (TPSA) is 67.9 Å². The van der Waals surface area contributed by atoms with Gasteiger partial charge in [-0.2, -0.15) is 0 Å². The molecule has 1 N–H and O–H groups in total. The standard InChI is InChI=1S/C22H25FN2O4/c1-14-12-25(13-15(2)29-14)22(27)17-6-4-16(5-7-17)11-24-21(26)19-10-18(23)8-9-20(19)28-3/h4-10,14-15H,11-13H2,1-3H3,(H,24,26). The molecule has 0 aromatic heterocycles. The first kappa shape index (κ1) is 20.8. The summed E-state index contributed by atoms with van der Waals surface area (Å²) in [4.78, 5) is 26.9. The molecule has 2 amide bonds. The second kappa shape index (κ2) is 9.05. The zero-order valence-electron chi connectivity index (χ0n) is 16.8. The van der Waals surface area contributed by atoms with Crippen molar-refractivity contribution < 1.29 is 23.5 Å². The number of rotatable bonds is 5. The van der Waals surface area contributed by atoms with E-state index < -0.39 is 11.7 Å². The van der Waals surface area contributed by atoms with Crippen LogP contribution in [0.25, 0.3) is 0 Å². The number of nitrogens with one attached hydrogen (secondary N) is 1. The molecule has 1 fully saturated rings. The first-order valence-electron chi connectivity index (χ1n) is 9.52. The molecule has 1 aliphatic rings. The number of morpholine rings is 1. The van der Waals surface area contributed by atoms with Crippen LogP contribution in [0.5, 0.6) is 5.75 Å². The van der Waals surface area contributed by atoms with Crippen LogP contribution in [0.15, 0.2) is 42.5 Å². The third-order valence-electron chi connectivity index (χ3n) is 4.77. The van der Waals surface area contributed by atoms with Crippen molar-refractivity contribution in [1.29, 1.82) is 0 Å². The van der Waals surface area contributed by atoms with Crippen molar-refractivity contribution in [1.82, 2.24) is 10.2 Å². The number of hydrogen-bond donors (Lipinski definition) is 1. The van der Waals surface area contributed by atoms with Gasteiger partial charge in [-0.3, -0.25) is 9.59 Å². The fraction of sp³-hybridized carbons (Fsp3) is 0.364. The van der Waals surface area contributed by atoms with E-state index in [9.17, 15) is 14.0 Å². The second-order valence-electron chi connectivity index (χ2n) is 7.19. The summed E-state index contributed by atoms with van der Waals surface area (Å²) < 4.78 is 24.2. The summed E-state index contributed by atoms with van der Waals surface area (Å²) in [6, 6.07) is 10.9. The number of ether oxygens (including phenoxy) is 2. The molecule has 0 aliphatic carbocycles. The van der Waals surface area contributed by atoms with Gasteiger partial charge in [0, 0.05) is 25.2 Å². The van der Waals surface area contributed by atoms with E-state index in [0.717, 1.165) is 11.6 Å².